The molecular weight excluding hydrogens is 286 g/mol. The highest BCUT2D eigenvalue weighted by molar-refractivity contribution is 9.10. The second-order valence-corrected chi connectivity index (χ2v) is 6.04. The van der Waals surface area contributed by atoms with Crippen LogP contribution in [0.1, 0.15) is 0 Å². The van der Waals surface area contributed by atoms with Crippen LogP contribution in [0.4, 0.5) is 5.69 Å². The van der Waals surface area contributed by atoms with Gasteiger partial charge in [-0.1, -0.05) is 0 Å². The summed E-state index contributed by atoms with van der Waals surface area (Å²) in [5.41, 5.74) is 0.113. The second kappa shape index (κ2) is 4.75. The zero-order valence-electron chi connectivity index (χ0n) is 7.95. The van der Waals surface area contributed by atoms with Crippen molar-refractivity contribution in [3.05, 3.63) is 21.0 Å². The topological polar surface area (TPSA) is 91.9 Å². The average Bonchev–Trinajstić information content (AvgIpc) is 2.10. The molecule has 0 amide bonds. The first-order valence-electron chi connectivity index (χ1n) is 4.05. The quantitative estimate of drug-likeness (QED) is 0.815. The fourth-order valence-electron chi connectivity index (χ4n) is 0.878. The molecule has 0 bridgehead atoms. The van der Waals surface area contributed by atoms with E-state index in [0.29, 0.717) is 10.2 Å². The summed E-state index contributed by atoms with van der Waals surface area (Å²) in [7, 11) is -3.00. The molecule has 1 aromatic rings. The molecule has 84 valence electrons. The average molecular weight is 296 g/mol. The summed E-state index contributed by atoms with van der Waals surface area (Å²) in [6.07, 6.45) is 2.56. The minimum Gasteiger partial charge on any atom is -0.382 e. The highest BCUT2D eigenvalue weighted by Crippen LogP contribution is 2.14. The van der Waals surface area contributed by atoms with Gasteiger partial charge in [-0.05, 0) is 15.9 Å². The van der Waals surface area contributed by atoms with E-state index in [1.54, 1.807) is 0 Å². The highest BCUT2D eigenvalue weighted by Gasteiger charge is 2.05. The first kappa shape index (κ1) is 12.2. The summed E-state index contributed by atoms with van der Waals surface area (Å²) in [6.45, 7) is 0.239. The molecule has 6 nitrogen and oxygen atoms in total. The lowest BCUT2D eigenvalue weighted by atomic mass is 10.4. The molecule has 0 fully saturated rings. The number of H-pyrrole nitrogens is 1. The fraction of sp³-hybridized carbons (Fsp3) is 0.429. The van der Waals surface area contributed by atoms with Crippen molar-refractivity contribution in [2.45, 2.75) is 0 Å². The van der Waals surface area contributed by atoms with Crippen molar-refractivity contribution in [2.24, 2.45) is 0 Å². The van der Waals surface area contributed by atoms with Crippen LogP contribution in [-0.2, 0) is 9.84 Å². The number of aromatic nitrogens is 2. The highest BCUT2D eigenvalue weighted by atomic mass is 79.9. The maximum atomic E-state index is 11.1. The Bertz CT molecular complexity index is 496. The van der Waals surface area contributed by atoms with Crippen LogP contribution in [0.25, 0.3) is 0 Å². The van der Waals surface area contributed by atoms with E-state index in [9.17, 15) is 13.2 Å². The number of halogens is 1. The lowest BCUT2D eigenvalue weighted by Crippen LogP contribution is -2.17. The van der Waals surface area contributed by atoms with Crippen molar-refractivity contribution >= 4 is 31.5 Å². The van der Waals surface area contributed by atoms with Gasteiger partial charge in [-0.15, -0.1) is 0 Å². The third-order valence-electron chi connectivity index (χ3n) is 1.58. The van der Waals surface area contributed by atoms with E-state index in [2.05, 4.69) is 31.4 Å². The zero-order chi connectivity index (χ0) is 11.5. The molecule has 0 aliphatic carbocycles. The van der Waals surface area contributed by atoms with E-state index >= 15 is 0 Å². The summed E-state index contributed by atoms with van der Waals surface area (Å²) >= 11 is 3.07. The van der Waals surface area contributed by atoms with E-state index in [1.165, 1.54) is 6.20 Å². The molecule has 0 spiro atoms. The standard InChI is InChI=1S/C7H10BrN3O3S/c1-15(13,14)3-2-9-5-4-10-11-7(12)6(5)8/h4H,2-3H2,1H3,(H2,9,11,12). The van der Waals surface area contributed by atoms with Gasteiger partial charge in [0, 0.05) is 12.8 Å². The van der Waals surface area contributed by atoms with E-state index < -0.39 is 9.84 Å². The van der Waals surface area contributed by atoms with Crippen molar-refractivity contribution < 1.29 is 8.42 Å². The third-order valence-corrected chi connectivity index (χ3v) is 3.32. The molecule has 0 radical (unpaired) electrons. The van der Waals surface area contributed by atoms with Gasteiger partial charge >= 0.3 is 0 Å². The Morgan fingerprint density at radius 3 is 2.87 bits per heavy atom. The Balaban J connectivity index is 2.67. The van der Waals surface area contributed by atoms with Crippen LogP contribution in [0.15, 0.2) is 15.5 Å². The lowest BCUT2D eigenvalue weighted by Gasteiger charge is -2.05. The van der Waals surface area contributed by atoms with Gasteiger partial charge in [0.2, 0.25) is 0 Å². The summed E-state index contributed by atoms with van der Waals surface area (Å²) in [5.74, 6) is 0.00619. The molecule has 0 unspecified atom stereocenters. The van der Waals surface area contributed by atoms with Crippen molar-refractivity contribution in [2.75, 3.05) is 23.9 Å². The molecule has 1 rings (SSSR count). The molecule has 0 saturated carbocycles. The van der Waals surface area contributed by atoms with Crippen LogP contribution in [-0.4, -0.2) is 37.2 Å². The van der Waals surface area contributed by atoms with E-state index in [-0.39, 0.29) is 17.9 Å². The number of nitrogens with zero attached hydrogens (tertiary/aromatic N) is 1. The molecule has 0 aromatic carbocycles. The SMILES string of the molecule is CS(=O)(=O)CCNc1cn[nH]c(=O)c1Br. The smallest absolute Gasteiger partial charge is 0.280 e. The number of hydrogen-bond donors (Lipinski definition) is 2. The molecule has 1 heterocycles. The maximum Gasteiger partial charge on any atom is 0.280 e. The van der Waals surface area contributed by atoms with Crippen LogP contribution in [0.3, 0.4) is 0 Å². The molecular formula is C7H10BrN3O3S. The number of aromatic amines is 1. The third kappa shape index (κ3) is 4.00. The molecule has 0 atom stereocenters. The van der Waals surface area contributed by atoms with Gasteiger partial charge in [0.25, 0.3) is 5.56 Å². The minimum atomic E-state index is -3.00. The molecule has 15 heavy (non-hydrogen) atoms. The summed E-state index contributed by atoms with van der Waals surface area (Å²) in [4.78, 5) is 11.1. The Labute approximate surface area is 95.1 Å². The summed E-state index contributed by atoms with van der Waals surface area (Å²) in [5, 5.41) is 8.62. The van der Waals surface area contributed by atoms with Crippen molar-refractivity contribution in [1.82, 2.24) is 10.2 Å². The van der Waals surface area contributed by atoms with Gasteiger partial charge in [-0.3, -0.25) is 4.79 Å². The van der Waals surface area contributed by atoms with Gasteiger partial charge in [0.1, 0.15) is 14.3 Å². The monoisotopic (exact) mass is 295 g/mol. The first-order chi connectivity index (χ1) is 6.90. The van der Waals surface area contributed by atoms with Gasteiger partial charge in [-0.2, -0.15) is 5.10 Å². The number of anilines is 1. The van der Waals surface area contributed by atoms with E-state index in [0.717, 1.165) is 6.26 Å². The van der Waals surface area contributed by atoms with Crippen LogP contribution < -0.4 is 10.9 Å². The Morgan fingerprint density at radius 2 is 2.27 bits per heavy atom. The Kier molecular flexibility index (Phi) is 3.86. The predicted molar refractivity (Wildman–Crippen MR) is 60.8 cm³/mol. The molecule has 1 aromatic heterocycles. The Morgan fingerprint density at radius 1 is 1.60 bits per heavy atom. The second-order valence-electron chi connectivity index (χ2n) is 2.98. The molecule has 0 aliphatic heterocycles. The molecule has 0 saturated heterocycles. The van der Waals surface area contributed by atoms with E-state index in [4.69, 9.17) is 0 Å². The normalized spacial score (nSPS) is 11.3. The van der Waals surface area contributed by atoms with Crippen LogP contribution >= 0.6 is 15.9 Å². The van der Waals surface area contributed by atoms with Gasteiger partial charge in [0.15, 0.2) is 0 Å². The van der Waals surface area contributed by atoms with Gasteiger partial charge < -0.3 is 5.32 Å². The van der Waals surface area contributed by atoms with Crippen molar-refractivity contribution in [1.29, 1.82) is 0 Å². The largest absolute Gasteiger partial charge is 0.382 e. The first-order valence-corrected chi connectivity index (χ1v) is 6.90. The van der Waals surface area contributed by atoms with Gasteiger partial charge in [-0.25, -0.2) is 13.5 Å². The van der Waals surface area contributed by atoms with Crippen LogP contribution in [0.2, 0.25) is 0 Å². The minimum absolute atomic E-state index is 0.00619. The molecule has 8 heteroatoms. The van der Waals surface area contributed by atoms with Crippen molar-refractivity contribution in [3.8, 4) is 0 Å². The number of nitrogens with one attached hydrogen (secondary N) is 2. The summed E-state index contributed by atoms with van der Waals surface area (Å²) < 4.78 is 22.0. The number of rotatable bonds is 4. The molecule has 0 aliphatic rings. The predicted octanol–water partition coefficient (Wildman–Crippen LogP) is -0.0111. The number of hydrogen-bond acceptors (Lipinski definition) is 5. The van der Waals surface area contributed by atoms with Crippen LogP contribution in [0, 0.1) is 0 Å². The number of sulfone groups is 1. The van der Waals surface area contributed by atoms with Gasteiger partial charge in [0.05, 0.1) is 17.6 Å². The summed E-state index contributed by atoms with van der Waals surface area (Å²) in [6, 6.07) is 0. The zero-order valence-corrected chi connectivity index (χ0v) is 10.4. The Hall–Kier alpha value is -0.890. The lowest BCUT2D eigenvalue weighted by molar-refractivity contribution is 0.602. The maximum absolute atomic E-state index is 11.1. The van der Waals surface area contributed by atoms with E-state index in [1.807, 2.05) is 0 Å². The molecule has 2 N–H and O–H groups in total. The van der Waals surface area contributed by atoms with Crippen molar-refractivity contribution in [3.63, 3.8) is 0 Å². The fourth-order valence-corrected chi connectivity index (χ4v) is 1.68. The van der Waals surface area contributed by atoms with Crippen LogP contribution in [0.5, 0.6) is 0 Å².